The smallest absolute Gasteiger partial charge is 0.357 e. The van der Waals surface area contributed by atoms with E-state index in [0.29, 0.717) is 0 Å². The average Bonchev–Trinajstić information content (AvgIpc) is 3.77. The van der Waals surface area contributed by atoms with Gasteiger partial charge in [-0.2, -0.15) is 0 Å². The second-order valence-corrected chi connectivity index (χ2v) is 10.7. The summed E-state index contributed by atoms with van der Waals surface area (Å²) in [6.45, 7) is 0. The van der Waals surface area contributed by atoms with E-state index in [1.807, 2.05) is 0 Å². The van der Waals surface area contributed by atoms with Crippen molar-refractivity contribution in [2.24, 2.45) is 0 Å². The van der Waals surface area contributed by atoms with Gasteiger partial charge in [0.05, 0.1) is 45.6 Å². The van der Waals surface area contributed by atoms with Crippen LogP contribution in [-0.4, -0.2) is 53.0 Å². The zero-order chi connectivity index (χ0) is 33.2. The topological polar surface area (TPSA) is 106 Å². The van der Waals surface area contributed by atoms with E-state index in [9.17, 15) is 17.6 Å². The predicted molar refractivity (Wildman–Crippen MR) is 159 cm³/mol. The summed E-state index contributed by atoms with van der Waals surface area (Å²) in [5.41, 5.74) is -3.42. The molecule has 8 nitrogen and oxygen atoms in total. The van der Waals surface area contributed by atoms with Gasteiger partial charge < -0.3 is 29.9 Å². The summed E-state index contributed by atoms with van der Waals surface area (Å²) in [5.74, 6) is -11.2. The van der Waals surface area contributed by atoms with Crippen LogP contribution in [0.3, 0.4) is 0 Å². The van der Waals surface area contributed by atoms with Crippen LogP contribution in [-0.2, 0) is 0 Å². The first kappa shape index (κ1) is 30.8. The third-order valence-electron chi connectivity index (χ3n) is 7.88. The molecular formula is C32H8F8MgN8. The fraction of sp³-hybridized carbons (Fsp3) is 0. The first-order chi connectivity index (χ1) is 23.0. The Labute approximate surface area is 282 Å². The van der Waals surface area contributed by atoms with Crippen LogP contribution in [0.15, 0.2) is 48.5 Å². The number of hydrogen-bond acceptors (Lipinski definition) is 6. The van der Waals surface area contributed by atoms with Gasteiger partial charge in [0.2, 0.25) is 0 Å². The van der Waals surface area contributed by atoms with Crippen LogP contribution in [0.5, 0.6) is 0 Å². The van der Waals surface area contributed by atoms with E-state index >= 15 is 17.6 Å². The summed E-state index contributed by atoms with van der Waals surface area (Å²) in [6.07, 6.45) is 0. The molecule has 234 valence electrons. The van der Waals surface area contributed by atoms with Crippen LogP contribution in [0.2, 0.25) is 0 Å². The van der Waals surface area contributed by atoms with Crippen molar-refractivity contribution in [3.63, 3.8) is 0 Å². The fourth-order valence-electron chi connectivity index (χ4n) is 5.74. The Balaban J connectivity index is 0.00000348. The Hall–Kier alpha value is -5.55. The number of rotatable bonds is 0. The third-order valence-corrected chi connectivity index (χ3v) is 7.88. The van der Waals surface area contributed by atoms with E-state index in [1.54, 1.807) is 0 Å². The van der Waals surface area contributed by atoms with Crippen LogP contribution in [0.25, 0.3) is 89.7 Å². The quantitative estimate of drug-likeness (QED) is 0.126. The van der Waals surface area contributed by atoms with Gasteiger partial charge in [-0.15, -0.1) is 0 Å². The normalized spacial score (nSPS) is 11.9. The van der Waals surface area contributed by atoms with Crippen molar-refractivity contribution in [2.75, 3.05) is 0 Å². The molecule has 0 spiro atoms. The maximum absolute atomic E-state index is 15.3. The number of hydrogen-bond donors (Lipinski definition) is 0. The van der Waals surface area contributed by atoms with Crippen LogP contribution in [0, 0.1) is 46.5 Å². The Morgan fingerprint density at radius 3 is 0.776 bits per heavy atom. The molecule has 0 saturated heterocycles. The minimum atomic E-state index is -1.31. The monoisotopic (exact) mass is 680 g/mol. The van der Waals surface area contributed by atoms with E-state index in [-0.39, 0.29) is 67.2 Å². The van der Waals surface area contributed by atoms with Gasteiger partial charge in [0.15, 0.2) is 23.3 Å². The van der Waals surface area contributed by atoms with E-state index in [0.717, 1.165) is 48.5 Å². The van der Waals surface area contributed by atoms with Crippen LogP contribution in [0.4, 0.5) is 35.1 Å². The average molecular weight is 681 g/mol. The molecule has 5 heterocycles. The molecule has 8 bridgehead atoms. The molecule has 0 radical (unpaired) electrons. The number of aromatic nitrogens is 8. The van der Waals surface area contributed by atoms with Gasteiger partial charge in [0, 0.05) is 22.6 Å². The van der Waals surface area contributed by atoms with Gasteiger partial charge in [0.25, 0.3) is 0 Å². The summed E-state index contributed by atoms with van der Waals surface area (Å²) in [4.78, 5) is 33.8. The molecule has 17 heteroatoms. The largest absolute Gasteiger partial charge is 2.00 e. The molecule has 2 aliphatic heterocycles. The molecule has 2 aliphatic rings. The standard InChI is InChI=1S/C32H8F8N8.Mg/c33-13-1-2-14(34)22-21(13)29-43-25-9-5-17(37)18(38)6-10(9)27(41-25)45-31-23-15(35)3-4-16(36)24(23)32(48-31)46-28-12-8-20(40)19(39)7-11(12)26(42-28)44-30(22)47-29;/h1-8H;/q-2;+2. The zero-order valence-corrected chi connectivity index (χ0v) is 25.3. The van der Waals surface area contributed by atoms with E-state index in [1.165, 1.54) is 0 Å². The molecule has 0 unspecified atom stereocenters. The molecule has 0 N–H and O–H groups in total. The maximum atomic E-state index is 15.3. The van der Waals surface area contributed by atoms with Gasteiger partial charge >= 0.3 is 23.1 Å². The van der Waals surface area contributed by atoms with Crippen molar-refractivity contribution in [1.29, 1.82) is 0 Å². The van der Waals surface area contributed by atoms with E-state index in [4.69, 9.17) is 0 Å². The maximum Gasteiger partial charge on any atom is 2.00 e. The Morgan fingerprint density at radius 2 is 0.551 bits per heavy atom. The van der Waals surface area contributed by atoms with Crippen molar-refractivity contribution in [3.05, 3.63) is 95.1 Å². The number of benzene rings is 4. The molecule has 7 aromatic rings. The molecular weight excluding hydrogens is 673 g/mol. The minimum Gasteiger partial charge on any atom is -0.357 e. The molecule has 49 heavy (non-hydrogen) atoms. The van der Waals surface area contributed by atoms with Crippen molar-refractivity contribution < 1.29 is 35.1 Å². The second-order valence-electron chi connectivity index (χ2n) is 10.7. The van der Waals surface area contributed by atoms with Gasteiger partial charge in [-0.05, 0) is 70.1 Å². The van der Waals surface area contributed by atoms with Crippen LogP contribution in [0.1, 0.15) is 0 Å². The molecule has 0 fully saturated rings. The number of fused-ring (bicyclic) bond motifs is 20. The molecule has 4 aromatic carbocycles. The van der Waals surface area contributed by atoms with E-state index in [2.05, 4.69) is 39.9 Å². The van der Waals surface area contributed by atoms with Gasteiger partial charge in [-0.1, -0.05) is 0 Å². The first-order valence-electron chi connectivity index (χ1n) is 13.7. The van der Waals surface area contributed by atoms with Crippen molar-refractivity contribution in [3.8, 4) is 45.6 Å². The van der Waals surface area contributed by atoms with Crippen molar-refractivity contribution >= 4 is 67.2 Å². The van der Waals surface area contributed by atoms with Gasteiger partial charge in [-0.25, -0.2) is 45.1 Å². The number of nitrogens with zero attached hydrogens (tertiary/aromatic N) is 8. The summed E-state index contributed by atoms with van der Waals surface area (Å²) in [5, 5.41) is -0.606. The predicted octanol–water partition coefficient (Wildman–Crippen LogP) is 6.86. The summed E-state index contributed by atoms with van der Waals surface area (Å²) < 4.78 is 119. The molecule has 0 amide bonds. The molecule has 0 aliphatic carbocycles. The fourth-order valence-corrected chi connectivity index (χ4v) is 5.74. The molecule has 9 rings (SSSR count). The summed E-state index contributed by atoms with van der Waals surface area (Å²) in [6, 6.07) is 6.18. The van der Waals surface area contributed by atoms with Gasteiger partial charge in [-0.3, -0.25) is 0 Å². The SMILES string of the molecule is Fc1cc2c3nc4nc(nc5[n-]c(nc6nc(nc([n-]3)c2cc1F)-c1c(F)ccc(F)c1-6)c1cc(F)c(F)cc51)-c1c(F)ccc(F)c1-4.[Mg+2]. The van der Waals surface area contributed by atoms with Crippen molar-refractivity contribution in [2.45, 2.75) is 0 Å². The van der Waals surface area contributed by atoms with E-state index < -0.39 is 92.1 Å². The van der Waals surface area contributed by atoms with Crippen molar-refractivity contribution in [1.82, 2.24) is 39.9 Å². The van der Waals surface area contributed by atoms with Gasteiger partial charge in [0.1, 0.15) is 23.3 Å². The van der Waals surface area contributed by atoms with Crippen LogP contribution >= 0.6 is 0 Å². The molecule has 0 saturated carbocycles. The van der Waals surface area contributed by atoms with Crippen LogP contribution < -0.4 is 9.97 Å². The second kappa shape index (κ2) is 10.7. The molecule has 0 atom stereocenters. The Kier molecular flexibility index (Phi) is 6.73. The minimum absolute atomic E-state index is 0. The third kappa shape index (κ3) is 4.48. The molecule has 3 aromatic heterocycles. The number of halogens is 8. The first-order valence-corrected chi connectivity index (χ1v) is 13.7. The summed E-state index contributed by atoms with van der Waals surface area (Å²) >= 11 is 0. The Morgan fingerprint density at radius 1 is 0.327 bits per heavy atom. The Bertz CT molecular complexity index is 2430. The summed E-state index contributed by atoms with van der Waals surface area (Å²) in [7, 11) is 0. The zero-order valence-electron chi connectivity index (χ0n) is 23.9.